The van der Waals surface area contributed by atoms with Crippen molar-refractivity contribution in [3.8, 4) is 17.1 Å². The highest BCUT2D eigenvalue weighted by molar-refractivity contribution is 6.36. The molecule has 1 saturated heterocycles. The molecule has 2 aromatic carbocycles. The van der Waals surface area contributed by atoms with Gasteiger partial charge in [-0.15, -0.1) is 0 Å². The number of hydrogen-bond acceptors (Lipinski definition) is 3. The molecule has 0 saturated carbocycles. The standard InChI is InChI=1S/C23H24Cl2N4O/c1-2-20-21(23(30)27-28-13-7-4-8-14-28)26-22(18-12-11-16(24)15-19(18)25)29(20)17-9-5-3-6-10-17/h3,5-6,9-12,15H,2,4,7-8,13-14H2,1H3,(H,27,30). The molecule has 0 unspecified atom stereocenters. The third-order valence-corrected chi connectivity index (χ3v) is 5.87. The van der Waals surface area contributed by atoms with E-state index in [1.165, 1.54) is 6.42 Å². The van der Waals surface area contributed by atoms with Gasteiger partial charge in [0.2, 0.25) is 0 Å². The molecular formula is C23H24Cl2N4O. The van der Waals surface area contributed by atoms with Gasteiger partial charge in [0.1, 0.15) is 5.82 Å². The van der Waals surface area contributed by atoms with E-state index >= 15 is 0 Å². The molecule has 3 aromatic rings. The molecule has 156 valence electrons. The molecule has 5 nitrogen and oxygen atoms in total. The first kappa shape index (κ1) is 20.9. The fourth-order valence-electron chi connectivity index (χ4n) is 3.87. The normalized spacial score (nSPS) is 14.6. The van der Waals surface area contributed by atoms with Gasteiger partial charge in [-0.1, -0.05) is 54.7 Å². The molecule has 1 aromatic heterocycles. The lowest BCUT2D eigenvalue weighted by atomic mass is 10.2. The Bertz CT molecular complexity index is 1040. The van der Waals surface area contributed by atoms with Gasteiger partial charge in [-0.3, -0.25) is 14.8 Å². The first-order valence-electron chi connectivity index (χ1n) is 10.3. The number of benzene rings is 2. The van der Waals surface area contributed by atoms with Crippen molar-refractivity contribution in [3.05, 3.63) is 70.0 Å². The lowest BCUT2D eigenvalue weighted by Gasteiger charge is -2.26. The van der Waals surface area contributed by atoms with Crippen molar-refractivity contribution in [2.24, 2.45) is 0 Å². The van der Waals surface area contributed by atoms with Crippen LogP contribution in [0.15, 0.2) is 48.5 Å². The number of imidazole rings is 1. The van der Waals surface area contributed by atoms with Crippen molar-refractivity contribution in [1.82, 2.24) is 20.0 Å². The number of carbonyl (C=O) groups excluding carboxylic acids is 1. The van der Waals surface area contributed by atoms with Crippen molar-refractivity contribution < 1.29 is 4.79 Å². The van der Waals surface area contributed by atoms with Crippen LogP contribution in [0.25, 0.3) is 17.1 Å². The highest BCUT2D eigenvalue weighted by atomic mass is 35.5. The number of halogens is 2. The Labute approximate surface area is 186 Å². The summed E-state index contributed by atoms with van der Waals surface area (Å²) >= 11 is 12.6. The van der Waals surface area contributed by atoms with Crippen LogP contribution in [0.5, 0.6) is 0 Å². The number of hydrazine groups is 1. The first-order chi connectivity index (χ1) is 14.6. The van der Waals surface area contributed by atoms with Crippen LogP contribution in [0, 0.1) is 0 Å². The van der Waals surface area contributed by atoms with Gasteiger partial charge in [0.15, 0.2) is 5.69 Å². The van der Waals surface area contributed by atoms with E-state index in [1.54, 1.807) is 12.1 Å². The molecule has 0 spiro atoms. The lowest BCUT2D eigenvalue weighted by Crippen LogP contribution is -2.45. The summed E-state index contributed by atoms with van der Waals surface area (Å²) in [5.41, 5.74) is 5.97. The summed E-state index contributed by atoms with van der Waals surface area (Å²) in [7, 11) is 0. The van der Waals surface area contributed by atoms with E-state index < -0.39 is 0 Å². The van der Waals surface area contributed by atoms with E-state index in [1.807, 2.05) is 52.9 Å². The topological polar surface area (TPSA) is 50.2 Å². The van der Waals surface area contributed by atoms with Crippen LogP contribution in [-0.4, -0.2) is 33.6 Å². The molecule has 0 aliphatic carbocycles. The van der Waals surface area contributed by atoms with Gasteiger partial charge in [0.25, 0.3) is 5.91 Å². The number of amides is 1. The molecule has 0 radical (unpaired) electrons. The number of para-hydroxylation sites is 1. The van der Waals surface area contributed by atoms with E-state index in [4.69, 9.17) is 28.2 Å². The van der Waals surface area contributed by atoms with Crippen LogP contribution in [0.3, 0.4) is 0 Å². The number of hydrogen-bond donors (Lipinski definition) is 1. The van der Waals surface area contributed by atoms with Crippen LogP contribution >= 0.6 is 23.2 Å². The summed E-state index contributed by atoms with van der Waals surface area (Å²) in [5.74, 6) is 0.443. The number of nitrogens with zero attached hydrogens (tertiary/aromatic N) is 3. The van der Waals surface area contributed by atoms with Gasteiger partial charge >= 0.3 is 0 Å². The molecule has 30 heavy (non-hydrogen) atoms. The van der Waals surface area contributed by atoms with Gasteiger partial charge in [-0.05, 0) is 49.6 Å². The number of nitrogens with one attached hydrogen (secondary N) is 1. The molecule has 1 aliphatic rings. The molecule has 4 rings (SSSR count). The fraction of sp³-hybridized carbons (Fsp3) is 0.304. The summed E-state index contributed by atoms with van der Waals surface area (Å²) < 4.78 is 2.01. The van der Waals surface area contributed by atoms with Gasteiger partial charge in [-0.25, -0.2) is 9.99 Å². The average Bonchev–Trinajstić information content (AvgIpc) is 3.14. The zero-order valence-corrected chi connectivity index (χ0v) is 18.4. The van der Waals surface area contributed by atoms with Crippen molar-refractivity contribution in [1.29, 1.82) is 0 Å². The Morgan fingerprint density at radius 1 is 1.07 bits per heavy atom. The molecule has 2 heterocycles. The summed E-state index contributed by atoms with van der Waals surface area (Å²) in [6.45, 7) is 3.76. The zero-order chi connectivity index (χ0) is 21.1. The van der Waals surface area contributed by atoms with E-state index in [9.17, 15) is 4.79 Å². The Morgan fingerprint density at radius 3 is 2.47 bits per heavy atom. The van der Waals surface area contributed by atoms with Crippen LogP contribution in [0.2, 0.25) is 10.0 Å². The van der Waals surface area contributed by atoms with Crippen LogP contribution < -0.4 is 5.43 Å². The Morgan fingerprint density at radius 2 is 1.80 bits per heavy atom. The Balaban J connectivity index is 1.83. The SMILES string of the molecule is CCc1c(C(=O)NN2CCCCC2)nc(-c2ccc(Cl)cc2Cl)n1-c1ccccc1. The molecule has 0 bridgehead atoms. The van der Waals surface area contributed by atoms with Crippen LogP contribution in [0.1, 0.15) is 42.4 Å². The number of rotatable bonds is 5. The monoisotopic (exact) mass is 442 g/mol. The molecular weight excluding hydrogens is 419 g/mol. The first-order valence-corrected chi connectivity index (χ1v) is 11.0. The van der Waals surface area contributed by atoms with E-state index in [2.05, 4.69) is 5.43 Å². The maximum atomic E-state index is 13.2. The second-order valence-corrected chi connectivity index (χ2v) is 8.21. The second kappa shape index (κ2) is 9.21. The predicted molar refractivity (Wildman–Crippen MR) is 121 cm³/mol. The third-order valence-electron chi connectivity index (χ3n) is 5.32. The van der Waals surface area contributed by atoms with Gasteiger partial charge in [0, 0.05) is 29.4 Å². The van der Waals surface area contributed by atoms with E-state index in [-0.39, 0.29) is 5.91 Å². The smallest absolute Gasteiger partial charge is 0.286 e. The Hall–Kier alpha value is -2.34. The minimum absolute atomic E-state index is 0.185. The van der Waals surface area contributed by atoms with Crippen molar-refractivity contribution in [2.45, 2.75) is 32.6 Å². The molecule has 1 aliphatic heterocycles. The number of carbonyl (C=O) groups is 1. The van der Waals surface area contributed by atoms with Crippen LogP contribution in [0.4, 0.5) is 0 Å². The van der Waals surface area contributed by atoms with E-state index in [0.29, 0.717) is 28.0 Å². The van der Waals surface area contributed by atoms with Gasteiger partial charge in [-0.2, -0.15) is 0 Å². The maximum Gasteiger partial charge on any atom is 0.286 e. The van der Waals surface area contributed by atoms with Gasteiger partial charge in [0.05, 0.1) is 10.7 Å². The second-order valence-electron chi connectivity index (χ2n) is 7.37. The molecule has 1 fully saturated rings. The minimum atomic E-state index is -0.185. The van der Waals surface area contributed by atoms with E-state index in [0.717, 1.165) is 42.9 Å². The zero-order valence-electron chi connectivity index (χ0n) is 16.9. The number of piperidine rings is 1. The van der Waals surface area contributed by atoms with Gasteiger partial charge < -0.3 is 0 Å². The largest absolute Gasteiger partial charge is 0.296 e. The van der Waals surface area contributed by atoms with Crippen molar-refractivity contribution >= 4 is 29.1 Å². The van der Waals surface area contributed by atoms with Crippen molar-refractivity contribution in [2.75, 3.05) is 13.1 Å². The molecule has 7 heteroatoms. The predicted octanol–water partition coefficient (Wildman–Crippen LogP) is 5.54. The van der Waals surface area contributed by atoms with Crippen LogP contribution in [-0.2, 0) is 6.42 Å². The average molecular weight is 443 g/mol. The molecule has 0 atom stereocenters. The Kier molecular flexibility index (Phi) is 6.42. The van der Waals surface area contributed by atoms with Crippen molar-refractivity contribution in [3.63, 3.8) is 0 Å². The number of aromatic nitrogens is 2. The fourth-order valence-corrected chi connectivity index (χ4v) is 4.36. The summed E-state index contributed by atoms with van der Waals surface area (Å²) in [4.78, 5) is 18.0. The molecule has 1 N–H and O–H groups in total. The third kappa shape index (κ3) is 4.24. The summed E-state index contributed by atoms with van der Waals surface area (Å²) in [6.07, 6.45) is 4.03. The summed E-state index contributed by atoms with van der Waals surface area (Å²) in [6, 6.07) is 15.2. The lowest BCUT2D eigenvalue weighted by molar-refractivity contribution is 0.0744. The minimum Gasteiger partial charge on any atom is -0.296 e. The highest BCUT2D eigenvalue weighted by Crippen LogP contribution is 2.33. The highest BCUT2D eigenvalue weighted by Gasteiger charge is 2.25. The maximum absolute atomic E-state index is 13.2. The quantitative estimate of drug-likeness (QED) is 0.564. The summed E-state index contributed by atoms with van der Waals surface area (Å²) in [5, 5.41) is 3.04. The molecule has 1 amide bonds.